The van der Waals surface area contributed by atoms with Crippen molar-refractivity contribution in [3.05, 3.63) is 169 Å². The van der Waals surface area contributed by atoms with Crippen molar-refractivity contribution in [2.75, 3.05) is 0 Å². The van der Waals surface area contributed by atoms with Crippen LogP contribution in [0.25, 0.3) is 72.7 Å². The van der Waals surface area contributed by atoms with Crippen LogP contribution in [-0.4, -0.2) is 19.6 Å². The Bertz CT molecular complexity index is 2870. The number of nitrogens with zero attached hydrogens (tertiary/aromatic N) is 3. The van der Waals surface area contributed by atoms with E-state index in [0.717, 1.165) is 45.4 Å². The second kappa shape index (κ2) is 15.7. The molecule has 8 aromatic rings. The van der Waals surface area contributed by atoms with E-state index in [2.05, 4.69) is 99.8 Å². The standard InChI is InChI=1S/C50H44N3O.Pt/c1-33(2)27-37-31-41(23-24-42(37)35-17-10-7-11-18-35)53-46-21-14-20-43(48(46)52-49(53)44-19-12-13-22-47(44)54)38-28-39(30-40(29-38)50(3,4)5)45-32-36(25-26-51-45)34-15-8-6-9-16-34;/h6-26,29-33,54H,27H2,1-5H3;/q-1;/i6D,8D,9D,15D,16D;. The van der Waals surface area contributed by atoms with Crippen LogP contribution in [0.5, 0.6) is 5.75 Å². The fourth-order valence-electron chi connectivity index (χ4n) is 7.06. The summed E-state index contributed by atoms with van der Waals surface area (Å²) in [6.45, 7) is 10.9. The van der Waals surface area contributed by atoms with Crippen LogP contribution in [0.15, 0.2) is 152 Å². The third-order valence-electron chi connectivity index (χ3n) is 9.74. The van der Waals surface area contributed by atoms with Crippen molar-refractivity contribution >= 4 is 11.0 Å². The first kappa shape index (κ1) is 31.7. The van der Waals surface area contributed by atoms with E-state index < -0.39 is 6.04 Å². The van der Waals surface area contributed by atoms with Crippen LogP contribution in [0.1, 0.15) is 52.6 Å². The molecule has 0 aliphatic carbocycles. The zero-order valence-corrected chi connectivity index (χ0v) is 33.7. The average molecular weight is 903 g/mol. The van der Waals surface area contributed by atoms with Crippen molar-refractivity contribution in [1.29, 1.82) is 0 Å². The van der Waals surface area contributed by atoms with Gasteiger partial charge in [-0.25, -0.2) is 4.98 Å². The van der Waals surface area contributed by atoms with Crippen LogP contribution in [0.4, 0.5) is 0 Å². The SMILES string of the molecule is [2H]c1c([2H])c([2H])c(-c2ccnc(-c3[c-]c(-c4cccc5c4nc(-c4ccccc4O)n5-c4ccc(-c5ccccc5)c(CC(C)C)c4)cc(C(C)(C)C)c3)c2)c([2H])c1[2H].[Pt]. The third-order valence-corrected chi connectivity index (χ3v) is 9.74. The predicted molar refractivity (Wildman–Crippen MR) is 224 cm³/mol. The Morgan fingerprint density at radius 2 is 1.45 bits per heavy atom. The molecule has 0 saturated heterocycles. The normalized spacial score (nSPS) is 12.8. The summed E-state index contributed by atoms with van der Waals surface area (Å²) >= 11 is 0. The van der Waals surface area contributed by atoms with E-state index in [-0.39, 0.29) is 62.0 Å². The van der Waals surface area contributed by atoms with Gasteiger partial charge in [-0.05, 0) is 82.0 Å². The number of rotatable bonds is 8. The van der Waals surface area contributed by atoms with Gasteiger partial charge in [0.15, 0.2) is 0 Å². The number of para-hydroxylation sites is 2. The molecule has 5 heteroatoms. The Labute approximate surface area is 345 Å². The van der Waals surface area contributed by atoms with Gasteiger partial charge in [-0.3, -0.25) is 9.55 Å². The summed E-state index contributed by atoms with van der Waals surface area (Å²) in [5.41, 5.74) is 10.9. The molecule has 0 bridgehead atoms. The third kappa shape index (κ3) is 7.70. The second-order valence-corrected chi connectivity index (χ2v) is 15.1. The first-order valence-corrected chi connectivity index (χ1v) is 18.3. The number of phenols is 1. The molecule has 6 aromatic carbocycles. The molecule has 2 heterocycles. The number of pyridine rings is 1. The summed E-state index contributed by atoms with van der Waals surface area (Å²) in [6.07, 6.45) is 2.48. The molecule has 0 atom stereocenters. The van der Waals surface area contributed by atoms with Crippen LogP contribution in [0.2, 0.25) is 0 Å². The van der Waals surface area contributed by atoms with Gasteiger partial charge in [0.2, 0.25) is 0 Å². The Kier molecular flexibility index (Phi) is 9.03. The molecule has 0 aliphatic rings. The monoisotopic (exact) mass is 902 g/mol. The van der Waals surface area contributed by atoms with E-state index in [4.69, 9.17) is 16.8 Å². The zero-order chi connectivity index (χ0) is 41.7. The fourth-order valence-corrected chi connectivity index (χ4v) is 7.06. The van der Waals surface area contributed by atoms with Crippen LogP contribution in [-0.2, 0) is 32.9 Å². The van der Waals surface area contributed by atoms with Crippen LogP contribution < -0.4 is 0 Å². The minimum absolute atomic E-state index is 0. The Morgan fingerprint density at radius 3 is 2.20 bits per heavy atom. The summed E-state index contributed by atoms with van der Waals surface area (Å²) in [6, 6.07) is 39.9. The minimum Gasteiger partial charge on any atom is -0.507 e. The number of hydrogen-bond donors (Lipinski definition) is 1. The predicted octanol–water partition coefficient (Wildman–Crippen LogP) is 12.8. The first-order chi connectivity index (χ1) is 28.2. The number of phenolic OH excluding ortho intramolecular Hbond substituents is 1. The van der Waals surface area contributed by atoms with Gasteiger partial charge in [-0.15, -0.1) is 29.3 Å². The number of aromatic nitrogens is 3. The quantitative estimate of drug-likeness (QED) is 0.155. The topological polar surface area (TPSA) is 50.9 Å². The molecule has 2 aromatic heterocycles. The smallest absolute Gasteiger partial charge is 0.148 e. The first-order valence-electron chi connectivity index (χ1n) is 20.8. The maximum Gasteiger partial charge on any atom is 0.148 e. The van der Waals surface area contributed by atoms with Crippen molar-refractivity contribution in [2.24, 2.45) is 5.92 Å². The average Bonchev–Trinajstić information content (AvgIpc) is 3.62. The van der Waals surface area contributed by atoms with Crippen LogP contribution in [0.3, 0.4) is 0 Å². The summed E-state index contributed by atoms with van der Waals surface area (Å²) in [5, 5.41) is 11.3. The van der Waals surface area contributed by atoms with E-state index in [9.17, 15) is 5.11 Å². The number of imidazole rings is 1. The van der Waals surface area contributed by atoms with E-state index in [0.29, 0.717) is 34.1 Å². The van der Waals surface area contributed by atoms with E-state index in [1.54, 1.807) is 24.4 Å². The summed E-state index contributed by atoms with van der Waals surface area (Å²) in [7, 11) is 0. The van der Waals surface area contributed by atoms with Crippen LogP contribution >= 0.6 is 0 Å². The molecule has 0 amide bonds. The number of aromatic hydroxyl groups is 1. The number of fused-ring (bicyclic) bond motifs is 1. The fraction of sp³-hybridized carbons (Fsp3) is 0.160. The molecule has 8 rings (SSSR count). The summed E-state index contributed by atoms with van der Waals surface area (Å²) in [5.74, 6) is 1.15. The van der Waals surface area contributed by atoms with Gasteiger partial charge >= 0.3 is 0 Å². The molecule has 0 saturated carbocycles. The Morgan fingerprint density at radius 1 is 0.727 bits per heavy atom. The molecule has 1 N–H and O–H groups in total. The molecule has 276 valence electrons. The molecule has 0 aliphatic heterocycles. The number of benzene rings is 6. The van der Waals surface area contributed by atoms with Gasteiger partial charge in [-0.1, -0.05) is 143 Å². The van der Waals surface area contributed by atoms with E-state index >= 15 is 0 Å². The Hall–Kier alpha value is -5.57. The summed E-state index contributed by atoms with van der Waals surface area (Å²) in [4.78, 5) is 10.0. The molecular formula is C50H44N3OPt-. The number of hydrogen-bond acceptors (Lipinski definition) is 3. The minimum atomic E-state index is -0.434. The maximum atomic E-state index is 11.3. The van der Waals surface area contributed by atoms with Crippen molar-refractivity contribution in [2.45, 2.75) is 46.5 Å². The van der Waals surface area contributed by atoms with E-state index in [1.807, 2.05) is 42.5 Å². The molecule has 0 radical (unpaired) electrons. The van der Waals surface area contributed by atoms with Crippen molar-refractivity contribution in [3.8, 4) is 67.5 Å². The van der Waals surface area contributed by atoms with E-state index in [1.165, 1.54) is 11.1 Å². The van der Waals surface area contributed by atoms with Crippen molar-refractivity contribution in [3.63, 3.8) is 0 Å². The van der Waals surface area contributed by atoms with Gasteiger partial charge in [0.25, 0.3) is 0 Å². The van der Waals surface area contributed by atoms with Crippen molar-refractivity contribution < 1.29 is 33.0 Å². The van der Waals surface area contributed by atoms with Gasteiger partial charge in [-0.2, -0.15) is 0 Å². The van der Waals surface area contributed by atoms with Gasteiger partial charge in [0.05, 0.1) is 23.5 Å². The van der Waals surface area contributed by atoms with Gasteiger partial charge in [0, 0.05) is 38.6 Å². The Balaban J connectivity index is 0.00000544. The van der Waals surface area contributed by atoms with Crippen molar-refractivity contribution in [1.82, 2.24) is 14.5 Å². The molecule has 0 unspecified atom stereocenters. The molecule has 0 fully saturated rings. The molecule has 55 heavy (non-hydrogen) atoms. The zero-order valence-electron chi connectivity index (χ0n) is 36.4. The molecular weight excluding hydrogens is 854 g/mol. The largest absolute Gasteiger partial charge is 0.507 e. The van der Waals surface area contributed by atoms with Gasteiger partial charge < -0.3 is 5.11 Å². The molecule has 0 spiro atoms. The maximum absolute atomic E-state index is 11.3. The summed E-state index contributed by atoms with van der Waals surface area (Å²) < 4.78 is 44.0. The van der Waals surface area contributed by atoms with Crippen LogP contribution in [0, 0.1) is 12.0 Å². The second-order valence-electron chi connectivity index (χ2n) is 15.1. The van der Waals surface area contributed by atoms with Gasteiger partial charge in [0.1, 0.15) is 11.6 Å². The molecule has 4 nitrogen and oxygen atoms in total.